The predicted octanol–water partition coefficient (Wildman–Crippen LogP) is 4.84. The quantitative estimate of drug-likeness (QED) is 0.623. The molecule has 1 aromatic heterocycles. The van der Waals surface area contributed by atoms with Gasteiger partial charge in [0.1, 0.15) is 0 Å². The Labute approximate surface area is 153 Å². The number of carbonyl (C=O) groups is 1. The number of benzene rings is 2. The van der Waals surface area contributed by atoms with Crippen molar-refractivity contribution >= 4 is 51.9 Å². The van der Waals surface area contributed by atoms with E-state index in [1.165, 1.54) is 11.8 Å². The molecule has 1 unspecified atom stereocenters. The average molecular weight is 380 g/mol. The number of thioether (sulfide) groups is 1. The normalized spacial score (nSPS) is 12.3. The van der Waals surface area contributed by atoms with Gasteiger partial charge in [0.15, 0.2) is 5.16 Å². The van der Waals surface area contributed by atoms with Crippen molar-refractivity contribution in [1.29, 1.82) is 0 Å². The van der Waals surface area contributed by atoms with Crippen LogP contribution < -0.4 is 5.32 Å². The molecular formula is C17H15Cl2N3OS. The topological polar surface area (TPSA) is 57.8 Å². The highest BCUT2D eigenvalue weighted by molar-refractivity contribution is 7.99. The van der Waals surface area contributed by atoms with Gasteiger partial charge in [0, 0.05) is 0 Å². The first-order valence-electron chi connectivity index (χ1n) is 7.35. The van der Waals surface area contributed by atoms with Crippen LogP contribution in [-0.4, -0.2) is 21.6 Å². The number of fused-ring (bicyclic) bond motifs is 1. The number of para-hydroxylation sites is 2. The van der Waals surface area contributed by atoms with Gasteiger partial charge in [-0.3, -0.25) is 4.79 Å². The second kappa shape index (κ2) is 7.47. The second-order valence-corrected chi connectivity index (χ2v) is 7.09. The van der Waals surface area contributed by atoms with E-state index in [1.807, 2.05) is 37.3 Å². The number of hydrogen-bond acceptors (Lipinski definition) is 3. The Morgan fingerprint density at radius 1 is 1.25 bits per heavy atom. The molecule has 7 heteroatoms. The molecule has 124 valence electrons. The van der Waals surface area contributed by atoms with Crippen LogP contribution in [0.1, 0.15) is 18.5 Å². The molecule has 0 saturated heterocycles. The van der Waals surface area contributed by atoms with Crippen molar-refractivity contribution in [2.45, 2.75) is 18.1 Å². The van der Waals surface area contributed by atoms with Crippen LogP contribution in [0.5, 0.6) is 0 Å². The minimum absolute atomic E-state index is 0.0703. The first-order chi connectivity index (χ1) is 11.5. The number of nitrogens with zero attached hydrogens (tertiary/aromatic N) is 1. The molecule has 0 aliphatic carbocycles. The van der Waals surface area contributed by atoms with Gasteiger partial charge in [-0.25, -0.2) is 4.98 Å². The molecule has 4 nitrogen and oxygen atoms in total. The predicted molar refractivity (Wildman–Crippen MR) is 99.8 cm³/mol. The molecule has 24 heavy (non-hydrogen) atoms. The number of halogens is 2. The van der Waals surface area contributed by atoms with E-state index >= 15 is 0 Å². The van der Waals surface area contributed by atoms with Crippen LogP contribution in [0.3, 0.4) is 0 Å². The lowest BCUT2D eigenvalue weighted by atomic mass is 10.1. The summed E-state index contributed by atoms with van der Waals surface area (Å²) < 4.78 is 0. The van der Waals surface area contributed by atoms with Crippen LogP contribution in [0.25, 0.3) is 11.0 Å². The summed E-state index contributed by atoms with van der Waals surface area (Å²) >= 11 is 13.3. The number of aromatic amines is 1. The molecule has 2 N–H and O–H groups in total. The highest BCUT2D eigenvalue weighted by atomic mass is 35.5. The minimum Gasteiger partial charge on any atom is -0.349 e. The fraction of sp³-hybridized carbons (Fsp3) is 0.176. The molecule has 0 spiro atoms. The van der Waals surface area contributed by atoms with E-state index in [9.17, 15) is 4.79 Å². The number of rotatable bonds is 5. The standard InChI is InChI=1S/C17H15Cl2N3OS/c1-10(11-6-7-12(18)13(19)8-11)20-16(23)9-24-17-21-14-4-2-3-5-15(14)22-17/h2-8,10H,9H2,1H3,(H,20,23)(H,21,22). The number of imidazole rings is 1. The largest absolute Gasteiger partial charge is 0.349 e. The van der Waals surface area contributed by atoms with E-state index in [2.05, 4.69) is 15.3 Å². The highest BCUT2D eigenvalue weighted by Crippen LogP contribution is 2.25. The van der Waals surface area contributed by atoms with E-state index in [-0.39, 0.29) is 17.7 Å². The number of hydrogen-bond donors (Lipinski definition) is 2. The van der Waals surface area contributed by atoms with Crippen LogP contribution in [0, 0.1) is 0 Å². The van der Waals surface area contributed by atoms with Crippen molar-refractivity contribution in [2.75, 3.05) is 5.75 Å². The van der Waals surface area contributed by atoms with Gasteiger partial charge < -0.3 is 10.3 Å². The summed E-state index contributed by atoms with van der Waals surface area (Å²) in [5.41, 5.74) is 2.76. The molecule has 0 radical (unpaired) electrons. The SMILES string of the molecule is CC(NC(=O)CSc1nc2ccccc2[nH]1)c1ccc(Cl)c(Cl)c1. The summed E-state index contributed by atoms with van der Waals surface area (Å²) in [6, 6.07) is 13.0. The highest BCUT2D eigenvalue weighted by Gasteiger charge is 2.12. The van der Waals surface area contributed by atoms with Crippen molar-refractivity contribution in [1.82, 2.24) is 15.3 Å². The molecule has 0 fully saturated rings. The molecule has 3 aromatic rings. The molecule has 1 atom stereocenters. The van der Waals surface area contributed by atoms with Crippen molar-refractivity contribution in [3.8, 4) is 0 Å². The Bertz CT molecular complexity index is 848. The summed E-state index contributed by atoms with van der Waals surface area (Å²) in [6.45, 7) is 1.91. The van der Waals surface area contributed by atoms with E-state index in [4.69, 9.17) is 23.2 Å². The number of H-pyrrole nitrogens is 1. The summed E-state index contributed by atoms with van der Waals surface area (Å²) in [5.74, 6) is 0.213. The maximum atomic E-state index is 12.1. The molecule has 0 saturated carbocycles. The van der Waals surface area contributed by atoms with Gasteiger partial charge in [-0.05, 0) is 36.8 Å². The molecule has 1 amide bonds. The Hall–Kier alpha value is -1.69. The third-order valence-electron chi connectivity index (χ3n) is 3.53. The van der Waals surface area contributed by atoms with Crippen molar-refractivity contribution in [3.05, 3.63) is 58.1 Å². The molecule has 0 aliphatic heterocycles. The number of carbonyl (C=O) groups excluding carboxylic acids is 1. The summed E-state index contributed by atoms with van der Waals surface area (Å²) in [7, 11) is 0. The fourth-order valence-electron chi connectivity index (χ4n) is 2.28. The van der Waals surface area contributed by atoms with E-state index in [0.717, 1.165) is 21.8 Å². The number of aromatic nitrogens is 2. The van der Waals surface area contributed by atoms with Gasteiger partial charge in [0.2, 0.25) is 5.91 Å². The monoisotopic (exact) mass is 379 g/mol. The minimum atomic E-state index is -0.150. The first kappa shape index (κ1) is 17.1. The fourth-order valence-corrected chi connectivity index (χ4v) is 3.28. The molecule has 1 heterocycles. The van der Waals surface area contributed by atoms with Gasteiger partial charge in [-0.15, -0.1) is 0 Å². The number of amides is 1. The average Bonchev–Trinajstić information content (AvgIpc) is 2.98. The maximum absolute atomic E-state index is 12.1. The molecule has 0 bridgehead atoms. The molecule has 3 rings (SSSR count). The van der Waals surface area contributed by atoms with Gasteiger partial charge in [0.05, 0.1) is 32.9 Å². The Morgan fingerprint density at radius 2 is 2.04 bits per heavy atom. The van der Waals surface area contributed by atoms with Crippen molar-refractivity contribution in [2.24, 2.45) is 0 Å². The lowest BCUT2D eigenvalue weighted by Gasteiger charge is -2.14. The van der Waals surface area contributed by atoms with E-state index < -0.39 is 0 Å². The first-order valence-corrected chi connectivity index (χ1v) is 9.09. The zero-order valence-electron chi connectivity index (χ0n) is 12.8. The molecule has 0 aliphatic rings. The van der Waals surface area contributed by atoms with Gasteiger partial charge >= 0.3 is 0 Å². The Kier molecular flexibility index (Phi) is 5.33. The zero-order valence-corrected chi connectivity index (χ0v) is 15.2. The third-order valence-corrected chi connectivity index (χ3v) is 5.14. The van der Waals surface area contributed by atoms with Crippen LogP contribution in [0.2, 0.25) is 10.0 Å². The lowest BCUT2D eigenvalue weighted by Crippen LogP contribution is -2.28. The van der Waals surface area contributed by atoms with Gasteiger partial charge in [-0.2, -0.15) is 0 Å². The lowest BCUT2D eigenvalue weighted by molar-refractivity contribution is -0.119. The second-order valence-electron chi connectivity index (χ2n) is 5.31. The molecular weight excluding hydrogens is 365 g/mol. The molecule has 2 aromatic carbocycles. The number of nitrogens with one attached hydrogen (secondary N) is 2. The summed E-state index contributed by atoms with van der Waals surface area (Å²) in [4.78, 5) is 19.8. The summed E-state index contributed by atoms with van der Waals surface area (Å²) in [6.07, 6.45) is 0. The maximum Gasteiger partial charge on any atom is 0.230 e. The smallest absolute Gasteiger partial charge is 0.230 e. The Balaban J connectivity index is 1.57. The van der Waals surface area contributed by atoms with Crippen LogP contribution in [0.15, 0.2) is 47.6 Å². The van der Waals surface area contributed by atoms with Gasteiger partial charge in [-0.1, -0.05) is 53.2 Å². The van der Waals surface area contributed by atoms with Crippen LogP contribution >= 0.6 is 35.0 Å². The van der Waals surface area contributed by atoms with Crippen molar-refractivity contribution in [3.63, 3.8) is 0 Å². The van der Waals surface area contributed by atoms with Crippen LogP contribution in [-0.2, 0) is 4.79 Å². The zero-order chi connectivity index (χ0) is 17.1. The Morgan fingerprint density at radius 3 is 2.79 bits per heavy atom. The third kappa shape index (κ3) is 4.04. The van der Waals surface area contributed by atoms with E-state index in [1.54, 1.807) is 12.1 Å². The van der Waals surface area contributed by atoms with Crippen LogP contribution in [0.4, 0.5) is 0 Å². The summed E-state index contributed by atoms with van der Waals surface area (Å²) in [5, 5.41) is 4.65. The van der Waals surface area contributed by atoms with Gasteiger partial charge in [0.25, 0.3) is 0 Å². The van der Waals surface area contributed by atoms with E-state index in [0.29, 0.717) is 10.0 Å². The van der Waals surface area contributed by atoms with Crippen molar-refractivity contribution < 1.29 is 4.79 Å².